The summed E-state index contributed by atoms with van der Waals surface area (Å²) in [6.45, 7) is 10.0. The first-order valence-corrected chi connectivity index (χ1v) is 6.30. The Labute approximate surface area is 98.1 Å². The van der Waals surface area contributed by atoms with Gasteiger partial charge in [0.1, 0.15) is 0 Å². The molecule has 0 bridgehead atoms. The highest BCUT2D eigenvalue weighted by atomic mass is 14.9. The molecular formula is C14H22N2. The highest BCUT2D eigenvalue weighted by Gasteiger charge is 2.23. The molecule has 1 unspecified atom stereocenters. The molecule has 0 saturated carbocycles. The van der Waals surface area contributed by atoms with Gasteiger partial charge < -0.3 is 10.3 Å². The van der Waals surface area contributed by atoms with E-state index in [4.69, 9.17) is 0 Å². The van der Waals surface area contributed by atoms with Crippen LogP contribution in [-0.4, -0.2) is 11.5 Å². The van der Waals surface area contributed by atoms with Gasteiger partial charge in [-0.25, -0.2) is 0 Å². The van der Waals surface area contributed by atoms with Crippen LogP contribution in [0, 0.1) is 12.8 Å². The summed E-state index contributed by atoms with van der Waals surface area (Å²) in [5.41, 5.74) is 6.97. The van der Waals surface area contributed by atoms with Crippen molar-refractivity contribution in [1.82, 2.24) is 10.3 Å². The maximum atomic E-state index is 3.55. The molecule has 1 aromatic heterocycles. The number of H-pyrrole nitrogens is 1. The molecule has 0 spiro atoms. The van der Waals surface area contributed by atoms with Gasteiger partial charge in [-0.15, -0.1) is 0 Å². The highest BCUT2D eigenvalue weighted by molar-refractivity contribution is 5.70. The molecule has 0 fully saturated rings. The number of nitrogens with one attached hydrogen (secondary N) is 2. The predicted molar refractivity (Wildman–Crippen MR) is 69.3 cm³/mol. The minimum absolute atomic E-state index is 0.711. The fourth-order valence-corrected chi connectivity index (χ4v) is 2.62. The Morgan fingerprint density at radius 3 is 2.56 bits per heavy atom. The number of aromatic nitrogens is 1. The second kappa shape index (κ2) is 4.36. The standard InChI is InChI=1S/C14H22N2/c1-5-11-7-15-13(9(11)3)14-10(4)12(6-2)8-16-14/h7,12,15-16H,5-6,8H2,1-4H3. The van der Waals surface area contributed by atoms with E-state index in [9.17, 15) is 0 Å². The average Bonchev–Trinajstić information content (AvgIpc) is 2.82. The maximum Gasteiger partial charge on any atom is 0.0648 e. The third-order valence-electron chi connectivity index (χ3n) is 3.90. The van der Waals surface area contributed by atoms with E-state index in [1.807, 2.05) is 0 Å². The van der Waals surface area contributed by atoms with Crippen LogP contribution in [0.1, 0.15) is 44.0 Å². The summed E-state index contributed by atoms with van der Waals surface area (Å²) >= 11 is 0. The Hall–Kier alpha value is -1.18. The Kier molecular flexibility index (Phi) is 3.08. The van der Waals surface area contributed by atoms with E-state index >= 15 is 0 Å². The fourth-order valence-electron chi connectivity index (χ4n) is 2.62. The topological polar surface area (TPSA) is 27.8 Å². The molecule has 0 amide bonds. The lowest BCUT2D eigenvalue weighted by atomic mass is 9.98. The predicted octanol–water partition coefficient (Wildman–Crippen LogP) is 3.25. The van der Waals surface area contributed by atoms with Gasteiger partial charge in [0, 0.05) is 12.7 Å². The van der Waals surface area contributed by atoms with Gasteiger partial charge in [0.25, 0.3) is 0 Å². The van der Waals surface area contributed by atoms with Crippen molar-refractivity contribution in [3.05, 3.63) is 28.6 Å². The monoisotopic (exact) mass is 218 g/mol. The van der Waals surface area contributed by atoms with E-state index < -0.39 is 0 Å². The molecule has 0 saturated heterocycles. The van der Waals surface area contributed by atoms with Gasteiger partial charge in [-0.1, -0.05) is 13.8 Å². The minimum Gasteiger partial charge on any atom is -0.383 e. The Morgan fingerprint density at radius 1 is 1.31 bits per heavy atom. The first kappa shape index (κ1) is 11.3. The molecule has 1 aliphatic rings. The van der Waals surface area contributed by atoms with Crippen LogP contribution in [0.3, 0.4) is 0 Å². The lowest BCUT2D eigenvalue weighted by Crippen LogP contribution is -2.11. The molecule has 2 heterocycles. The van der Waals surface area contributed by atoms with Crippen molar-refractivity contribution in [2.24, 2.45) is 5.92 Å². The van der Waals surface area contributed by atoms with Crippen LogP contribution in [0.25, 0.3) is 5.70 Å². The van der Waals surface area contributed by atoms with Crippen molar-refractivity contribution in [3.63, 3.8) is 0 Å². The zero-order valence-electron chi connectivity index (χ0n) is 10.8. The molecule has 2 heteroatoms. The van der Waals surface area contributed by atoms with Crippen LogP contribution >= 0.6 is 0 Å². The quantitative estimate of drug-likeness (QED) is 0.801. The minimum atomic E-state index is 0.711. The second-order valence-corrected chi connectivity index (χ2v) is 4.71. The van der Waals surface area contributed by atoms with Crippen LogP contribution < -0.4 is 5.32 Å². The molecular weight excluding hydrogens is 196 g/mol. The maximum absolute atomic E-state index is 3.55. The van der Waals surface area contributed by atoms with Crippen LogP contribution in [-0.2, 0) is 6.42 Å². The lowest BCUT2D eigenvalue weighted by Gasteiger charge is -2.06. The number of aromatic amines is 1. The van der Waals surface area contributed by atoms with Crippen LogP contribution in [0.2, 0.25) is 0 Å². The molecule has 0 aliphatic carbocycles. The van der Waals surface area contributed by atoms with Gasteiger partial charge in [-0.05, 0) is 49.3 Å². The van der Waals surface area contributed by atoms with E-state index in [-0.39, 0.29) is 0 Å². The first-order valence-electron chi connectivity index (χ1n) is 6.30. The summed E-state index contributed by atoms with van der Waals surface area (Å²) in [6.07, 6.45) is 4.47. The van der Waals surface area contributed by atoms with Crippen molar-refractivity contribution >= 4 is 5.70 Å². The van der Waals surface area contributed by atoms with Gasteiger partial charge in [0.15, 0.2) is 0 Å². The molecule has 2 nitrogen and oxygen atoms in total. The average molecular weight is 218 g/mol. The lowest BCUT2D eigenvalue weighted by molar-refractivity contribution is 0.609. The number of aryl methyl sites for hydroxylation is 1. The molecule has 88 valence electrons. The van der Waals surface area contributed by atoms with Crippen molar-refractivity contribution in [1.29, 1.82) is 0 Å². The largest absolute Gasteiger partial charge is 0.383 e. The van der Waals surface area contributed by atoms with E-state index in [0.717, 1.165) is 13.0 Å². The van der Waals surface area contributed by atoms with Gasteiger partial charge in [0.05, 0.1) is 11.4 Å². The second-order valence-electron chi connectivity index (χ2n) is 4.71. The summed E-state index contributed by atoms with van der Waals surface area (Å²) in [6, 6.07) is 0. The van der Waals surface area contributed by atoms with Gasteiger partial charge >= 0.3 is 0 Å². The summed E-state index contributed by atoms with van der Waals surface area (Å²) < 4.78 is 0. The fraction of sp³-hybridized carbons (Fsp3) is 0.571. The van der Waals surface area contributed by atoms with E-state index in [1.165, 1.54) is 34.5 Å². The molecule has 1 aromatic rings. The van der Waals surface area contributed by atoms with E-state index in [0.29, 0.717) is 5.92 Å². The Morgan fingerprint density at radius 2 is 2.06 bits per heavy atom. The van der Waals surface area contributed by atoms with Crippen molar-refractivity contribution < 1.29 is 0 Å². The first-order chi connectivity index (χ1) is 7.69. The molecule has 1 aliphatic heterocycles. The molecule has 2 N–H and O–H groups in total. The van der Waals surface area contributed by atoms with Gasteiger partial charge in [-0.2, -0.15) is 0 Å². The van der Waals surface area contributed by atoms with E-state index in [2.05, 4.69) is 44.2 Å². The van der Waals surface area contributed by atoms with Crippen LogP contribution in [0.4, 0.5) is 0 Å². The van der Waals surface area contributed by atoms with Gasteiger partial charge in [0.2, 0.25) is 0 Å². The Bertz CT molecular complexity index is 412. The molecule has 16 heavy (non-hydrogen) atoms. The zero-order chi connectivity index (χ0) is 11.7. The molecule has 0 radical (unpaired) electrons. The highest BCUT2D eigenvalue weighted by Crippen LogP contribution is 2.31. The summed E-state index contributed by atoms with van der Waals surface area (Å²) in [7, 11) is 0. The third-order valence-corrected chi connectivity index (χ3v) is 3.90. The molecule has 1 atom stereocenters. The molecule has 0 aromatic carbocycles. The van der Waals surface area contributed by atoms with Crippen molar-refractivity contribution in [3.8, 4) is 0 Å². The number of rotatable bonds is 3. The number of hydrogen-bond donors (Lipinski definition) is 2. The summed E-state index contributed by atoms with van der Waals surface area (Å²) in [4.78, 5) is 3.42. The smallest absolute Gasteiger partial charge is 0.0648 e. The van der Waals surface area contributed by atoms with Crippen molar-refractivity contribution in [2.45, 2.75) is 40.5 Å². The number of hydrogen-bond acceptors (Lipinski definition) is 1. The van der Waals surface area contributed by atoms with Crippen LogP contribution in [0.5, 0.6) is 0 Å². The van der Waals surface area contributed by atoms with Gasteiger partial charge in [-0.3, -0.25) is 0 Å². The normalized spacial score (nSPS) is 20.4. The molecule has 2 rings (SSSR count). The van der Waals surface area contributed by atoms with Crippen molar-refractivity contribution in [2.75, 3.05) is 6.54 Å². The summed E-state index contributed by atoms with van der Waals surface area (Å²) in [5.74, 6) is 0.711. The SMILES string of the molecule is CCc1c[nH]c(C2=C(C)C(CC)CN2)c1C. The summed E-state index contributed by atoms with van der Waals surface area (Å²) in [5, 5.41) is 3.55. The Balaban J connectivity index is 2.38. The van der Waals surface area contributed by atoms with Crippen LogP contribution in [0.15, 0.2) is 11.8 Å². The third kappa shape index (κ3) is 1.66. The van der Waals surface area contributed by atoms with E-state index in [1.54, 1.807) is 0 Å². The zero-order valence-corrected chi connectivity index (χ0v) is 10.8.